The van der Waals surface area contributed by atoms with E-state index in [1.807, 2.05) is 17.0 Å². The summed E-state index contributed by atoms with van der Waals surface area (Å²) in [5, 5.41) is 3.38. The molecule has 2 saturated heterocycles. The summed E-state index contributed by atoms with van der Waals surface area (Å²) in [6.07, 6.45) is 1.17. The standard InChI is InChI=1S/C18H26N2O2/c1-18(2,3)14-6-4-13(5-7-14)17(21)20-10-11-22-16-8-9-19-12-15(16)20/h4-7,15-16,19H,8-12H2,1-3H3. The lowest BCUT2D eigenvalue weighted by Gasteiger charge is -2.44. The van der Waals surface area contributed by atoms with Gasteiger partial charge in [-0.15, -0.1) is 0 Å². The van der Waals surface area contributed by atoms with Gasteiger partial charge in [0.15, 0.2) is 0 Å². The van der Waals surface area contributed by atoms with Crippen LogP contribution in [0.25, 0.3) is 0 Å². The van der Waals surface area contributed by atoms with Crippen molar-refractivity contribution in [2.45, 2.75) is 44.8 Å². The van der Waals surface area contributed by atoms with E-state index >= 15 is 0 Å². The molecule has 2 atom stereocenters. The average molecular weight is 302 g/mol. The van der Waals surface area contributed by atoms with Gasteiger partial charge in [-0.2, -0.15) is 0 Å². The van der Waals surface area contributed by atoms with Crippen LogP contribution in [0.2, 0.25) is 0 Å². The van der Waals surface area contributed by atoms with E-state index in [1.54, 1.807) is 0 Å². The molecule has 0 bridgehead atoms. The Morgan fingerprint density at radius 2 is 2.00 bits per heavy atom. The highest BCUT2D eigenvalue weighted by atomic mass is 16.5. The van der Waals surface area contributed by atoms with Gasteiger partial charge in [0.1, 0.15) is 0 Å². The first-order valence-electron chi connectivity index (χ1n) is 8.20. The Morgan fingerprint density at radius 3 is 2.68 bits per heavy atom. The normalized spacial score (nSPS) is 25.7. The van der Waals surface area contributed by atoms with Crippen molar-refractivity contribution in [3.05, 3.63) is 35.4 Å². The monoisotopic (exact) mass is 302 g/mol. The number of carbonyl (C=O) groups excluding carboxylic acids is 1. The molecule has 1 aromatic rings. The molecule has 0 aromatic heterocycles. The molecule has 1 amide bonds. The van der Waals surface area contributed by atoms with Gasteiger partial charge in [-0.05, 0) is 36.1 Å². The maximum Gasteiger partial charge on any atom is 0.254 e. The minimum atomic E-state index is 0.110. The quantitative estimate of drug-likeness (QED) is 0.864. The number of ether oxygens (including phenoxy) is 1. The van der Waals surface area contributed by atoms with Crippen LogP contribution in [0, 0.1) is 0 Å². The van der Waals surface area contributed by atoms with Crippen LogP contribution in [0.5, 0.6) is 0 Å². The van der Waals surface area contributed by atoms with E-state index < -0.39 is 0 Å². The van der Waals surface area contributed by atoms with Gasteiger partial charge in [-0.3, -0.25) is 4.79 Å². The summed E-state index contributed by atoms with van der Waals surface area (Å²) >= 11 is 0. The van der Waals surface area contributed by atoms with Gasteiger partial charge >= 0.3 is 0 Å². The van der Waals surface area contributed by atoms with Crippen LogP contribution in [0.4, 0.5) is 0 Å². The molecule has 120 valence electrons. The lowest BCUT2D eigenvalue weighted by Crippen LogP contribution is -2.60. The number of benzene rings is 1. The third-order valence-corrected chi connectivity index (χ3v) is 4.71. The van der Waals surface area contributed by atoms with Crippen molar-refractivity contribution in [3.8, 4) is 0 Å². The molecule has 2 unspecified atom stereocenters. The van der Waals surface area contributed by atoms with Gasteiger partial charge < -0.3 is 15.0 Å². The maximum atomic E-state index is 12.9. The van der Waals surface area contributed by atoms with E-state index in [0.29, 0.717) is 13.2 Å². The molecule has 0 radical (unpaired) electrons. The molecule has 4 heteroatoms. The van der Waals surface area contributed by atoms with E-state index in [0.717, 1.165) is 25.1 Å². The fourth-order valence-corrected chi connectivity index (χ4v) is 3.32. The van der Waals surface area contributed by atoms with Crippen LogP contribution < -0.4 is 5.32 Å². The Balaban J connectivity index is 1.78. The van der Waals surface area contributed by atoms with E-state index in [4.69, 9.17) is 4.74 Å². The summed E-state index contributed by atoms with van der Waals surface area (Å²) in [6, 6.07) is 8.24. The third kappa shape index (κ3) is 3.03. The topological polar surface area (TPSA) is 41.6 Å². The van der Waals surface area contributed by atoms with E-state index in [9.17, 15) is 4.79 Å². The molecule has 2 aliphatic heterocycles. The summed E-state index contributed by atoms with van der Waals surface area (Å²) in [7, 11) is 0. The number of morpholine rings is 1. The van der Waals surface area contributed by atoms with Gasteiger partial charge in [0, 0.05) is 18.7 Å². The first-order chi connectivity index (χ1) is 10.5. The zero-order valence-corrected chi connectivity index (χ0v) is 13.8. The van der Waals surface area contributed by atoms with Crippen molar-refractivity contribution in [2.24, 2.45) is 0 Å². The molecule has 22 heavy (non-hydrogen) atoms. The van der Waals surface area contributed by atoms with Crippen LogP contribution in [0.1, 0.15) is 43.1 Å². The molecule has 1 aromatic carbocycles. The van der Waals surface area contributed by atoms with Crippen molar-refractivity contribution < 1.29 is 9.53 Å². The minimum Gasteiger partial charge on any atom is -0.374 e. The Hall–Kier alpha value is -1.39. The number of carbonyl (C=O) groups is 1. The SMILES string of the molecule is CC(C)(C)c1ccc(C(=O)N2CCOC3CCNCC32)cc1. The summed E-state index contributed by atoms with van der Waals surface area (Å²) < 4.78 is 5.83. The molecule has 2 aliphatic rings. The number of hydrogen-bond donors (Lipinski definition) is 1. The van der Waals surface area contributed by atoms with Crippen molar-refractivity contribution in [1.82, 2.24) is 10.2 Å². The Bertz CT molecular complexity index is 531. The van der Waals surface area contributed by atoms with Crippen molar-refractivity contribution in [1.29, 1.82) is 0 Å². The first kappa shape index (κ1) is 15.5. The number of hydrogen-bond acceptors (Lipinski definition) is 3. The maximum absolute atomic E-state index is 12.9. The number of nitrogens with zero attached hydrogens (tertiary/aromatic N) is 1. The van der Waals surface area contributed by atoms with Crippen LogP contribution in [-0.2, 0) is 10.2 Å². The fourth-order valence-electron chi connectivity index (χ4n) is 3.32. The second-order valence-corrected chi connectivity index (χ2v) is 7.30. The molecule has 0 aliphatic carbocycles. The predicted octanol–water partition coefficient (Wildman–Crippen LogP) is 2.19. The van der Waals surface area contributed by atoms with E-state index in [1.165, 1.54) is 5.56 Å². The molecule has 2 heterocycles. The van der Waals surface area contributed by atoms with Crippen LogP contribution in [0.15, 0.2) is 24.3 Å². The molecule has 0 saturated carbocycles. The smallest absolute Gasteiger partial charge is 0.254 e. The second kappa shape index (κ2) is 6.01. The first-order valence-corrected chi connectivity index (χ1v) is 8.20. The molecule has 4 nitrogen and oxygen atoms in total. The van der Waals surface area contributed by atoms with Crippen molar-refractivity contribution >= 4 is 5.91 Å². The number of amides is 1. The summed E-state index contributed by atoms with van der Waals surface area (Å²) in [5.41, 5.74) is 2.14. The fraction of sp³-hybridized carbons (Fsp3) is 0.611. The number of fused-ring (bicyclic) bond motifs is 1. The highest BCUT2D eigenvalue weighted by Gasteiger charge is 2.37. The lowest BCUT2D eigenvalue weighted by atomic mass is 9.86. The Labute approximate surface area is 132 Å². The average Bonchev–Trinajstić information content (AvgIpc) is 2.53. The summed E-state index contributed by atoms with van der Waals surface area (Å²) in [6.45, 7) is 9.69. The molecule has 0 spiro atoms. The Morgan fingerprint density at radius 1 is 1.27 bits per heavy atom. The van der Waals surface area contributed by atoms with Gasteiger partial charge in [0.2, 0.25) is 0 Å². The summed E-state index contributed by atoms with van der Waals surface area (Å²) in [4.78, 5) is 14.9. The molecule has 2 fully saturated rings. The van der Waals surface area contributed by atoms with Crippen LogP contribution in [0.3, 0.4) is 0 Å². The van der Waals surface area contributed by atoms with E-state index in [2.05, 4.69) is 38.2 Å². The molecule has 1 N–H and O–H groups in total. The van der Waals surface area contributed by atoms with Gasteiger partial charge in [0.25, 0.3) is 5.91 Å². The number of piperidine rings is 1. The van der Waals surface area contributed by atoms with Crippen LogP contribution >= 0.6 is 0 Å². The number of nitrogens with one attached hydrogen (secondary N) is 1. The Kier molecular flexibility index (Phi) is 4.24. The molecular formula is C18H26N2O2. The highest BCUT2D eigenvalue weighted by Crippen LogP contribution is 2.24. The van der Waals surface area contributed by atoms with Crippen molar-refractivity contribution in [3.63, 3.8) is 0 Å². The minimum absolute atomic E-state index is 0.110. The van der Waals surface area contributed by atoms with Gasteiger partial charge in [0.05, 0.1) is 18.8 Å². The van der Waals surface area contributed by atoms with Crippen molar-refractivity contribution in [2.75, 3.05) is 26.2 Å². The lowest BCUT2D eigenvalue weighted by molar-refractivity contribution is -0.0699. The summed E-state index contributed by atoms with van der Waals surface area (Å²) in [5.74, 6) is 0.127. The van der Waals surface area contributed by atoms with Crippen LogP contribution in [-0.4, -0.2) is 49.2 Å². The molecular weight excluding hydrogens is 276 g/mol. The zero-order chi connectivity index (χ0) is 15.7. The third-order valence-electron chi connectivity index (χ3n) is 4.71. The van der Waals surface area contributed by atoms with E-state index in [-0.39, 0.29) is 23.5 Å². The number of rotatable bonds is 1. The molecule has 3 rings (SSSR count). The zero-order valence-electron chi connectivity index (χ0n) is 13.8. The second-order valence-electron chi connectivity index (χ2n) is 7.30. The largest absolute Gasteiger partial charge is 0.374 e. The van der Waals surface area contributed by atoms with Gasteiger partial charge in [-0.1, -0.05) is 32.9 Å². The van der Waals surface area contributed by atoms with Gasteiger partial charge in [-0.25, -0.2) is 0 Å². The highest BCUT2D eigenvalue weighted by molar-refractivity contribution is 5.94. The predicted molar refractivity (Wildman–Crippen MR) is 87.2 cm³/mol.